The van der Waals surface area contributed by atoms with Crippen molar-refractivity contribution in [1.82, 2.24) is 15.1 Å². The predicted octanol–water partition coefficient (Wildman–Crippen LogP) is 1.55. The largest absolute Gasteiger partial charge is 0.345 e. The number of rotatable bonds is 6. The van der Waals surface area contributed by atoms with Crippen molar-refractivity contribution in [2.75, 3.05) is 27.2 Å². The molecule has 0 aliphatic heterocycles. The fourth-order valence-electron chi connectivity index (χ4n) is 2.59. The van der Waals surface area contributed by atoms with E-state index in [0.29, 0.717) is 23.6 Å². The van der Waals surface area contributed by atoms with Crippen LogP contribution in [0, 0.1) is 5.82 Å². The van der Waals surface area contributed by atoms with Crippen molar-refractivity contribution in [3.8, 4) is 16.9 Å². The van der Waals surface area contributed by atoms with Crippen molar-refractivity contribution in [3.05, 3.63) is 72.2 Å². The monoisotopic (exact) mass is 353 g/mol. The third kappa shape index (κ3) is 4.15. The molecule has 0 fully saturated rings. The van der Waals surface area contributed by atoms with E-state index in [1.807, 2.05) is 44.4 Å². The maximum Gasteiger partial charge on any atom is 0.270 e. The molecule has 134 valence electrons. The summed E-state index contributed by atoms with van der Waals surface area (Å²) in [6.07, 6.45) is 0. The zero-order chi connectivity index (χ0) is 18.5. The average molecular weight is 353 g/mol. The van der Waals surface area contributed by atoms with E-state index < -0.39 is 0 Å². The molecule has 1 amide bonds. The summed E-state index contributed by atoms with van der Waals surface area (Å²) in [7, 11) is 4.06. The highest BCUT2D eigenvalue weighted by atomic mass is 19.1. The fourth-order valence-corrected chi connectivity index (χ4v) is 2.59. The van der Waals surface area contributed by atoms with Crippen molar-refractivity contribution in [2.45, 2.75) is 0 Å². The van der Waals surface area contributed by atoms with Gasteiger partial charge in [0.15, 0.2) is 0 Å². The Morgan fingerprint density at radius 1 is 1.12 bits per heavy atom. The van der Waals surface area contributed by atoms with Crippen molar-refractivity contribution in [3.63, 3.8) is 0 Å². The van der Waals surface area contributed by atoms with Gasteiger partial charge in [-0.3, -0.25) is 4.79 Å². The summed E-state index contributed by atoms with van der Waals surface area (Å²) in [4.78, 5) is 13.9. The lowest BCUT2D eigenvalue weighted by molar-refractivity contribution is -0.856. The molecule has 0 aliphatic rings. The number of aromatic nitrogens is 2. The maximum absolute atomic E-state index is 13.3. The molecule has 0 radical (unpaired) electrons. The van der Waals surface area contributed by atoms with Gasteiger partial charge in [-0.1, -0.05) is 30.3 Å². The number of hydrogen-bond donors (Lipinski definition) is 2. The summed E-state index contributed by atoms with van der Waals surface area (Å²) in [6.45, 7) is 1.39. The molecule has 0 spiro atoms. The zero-order valence-corrected chi connectivity index (χ0v) is 14.9. The second-order valence-corrected chi connectivity index (χ2v) is 6.38. The van der Waals surface area contributed by atoms with E-state index in [2.05, 4.69) is 10.4 Å². The summed E-state index contributed by atoms with van der Waals surface area (Å²) in [5.74, 6) is -0.533. The first-order valence-corrected chi connectivity index (χ1v) is 8.53. The molecule has 0 saturated heterocycles. The van der Waals surface area contributed by atoms with Crippen molar-refractivity contribution in [2.24, 2.45) is 0 Å². The van der Waals surface area contributed by atoms with E-state index in [4.69, 9.17) is 0 Å². The van der Waals surface area contributed by atoms with Crippen molar-refractivity contribution in [1.29, 1.82) is 0 Å². The molecule has 0 bridgehead atoms. The summed E-state index contributed by atoms with van der Waals surface area (Å²) in [5.41, 5.74) is 2.67. The topological polar surface area (TPSA) is 51.4 Å². The van der Waals surface area contributed by atoms with Crippen LogP contribution in [0.1, 0.15) is 10.5 Å². The van der Waals surface area contributed by atoms with Crippen molar-refractivity contribution < 1.29 is 14.1 Å². The molecular formula is C20H22FN4O+. The number of nitrogens with one attached hydrogen (secondary N) is 2. The SMILES string of the molecule is C[NH+](C)CCNC(=O)c1cc(-c2ccccc2)nn1-c1ccc(F)cc1. The van der Waals surface area contributed by atoms with Crippen LogP contribution < -0.4 is 10.2 Å². The van der Waals surface area contributed by atoms with Crippen LogP contribution in [0.2, 0.25) is 0 Å². The maximum atomic E-state index is 13.3. The first-order valence-electron chi connectivity index (χ1n) is 8.53. The fraction of sp³-hybridized carbons (Fsp3) is 0.200. The summed E-state index contributed by atoms with van der Waals surface area (Å²) >= 11 is 0. The van der Waals surface area contributed by atoms with Crippen LogP contribution in [0.25, 0.3) is 16.9 Å². The average Bonchev–Trinajstić information content (AvgIpc) is 3.08. The Morgan fingerprint density at radius 2 is 1.81 bits per heavy atom. The van der Waals surface area contributed by atoms with Gasteiger partial charge in [-0.05, 0) is 30.3 Å². The minimum Gasteiger partial charge on any atom is -0.345 e. The molecule has 0 saturated carbocycles. The first-order chi connectivity index (χ1) is 12.5. The Balaban J connectivity index is 1.96. The third-order valence-electron chi connectivity index (χ3n) is 3.99. The van der Waals surface area contributed by atoms with E-state index in [0.717, 1.165) is 12.1 Å². The highest BCUT2D eigenvalue weighted by Gasteiger charge is 2.17. The van der Waals surface area contributed by atoms with E-state index in [1.165, 1.54) is 17.0 Å². The molecule has 1 aromatic heterocycles. The van der Waals surface area contributed by atoms with Gasteiger partial charge >= 0.3 is 0 Å². The third-order valence-corrected chi connectivity index (χ3v) is 3.99. The molecule has 0 aliphatic carbocycles. The lowest BCUT2D eigenvalue weighted by atomic mass is 10.1. The molecule has 0 atom stereocenters. The smallest absolute Gasteiger partial charge is 0.270 e. The number of amides is 1. The summed E-state index contributed by atoms with van der Waals surface area (Å²) in [5, 5.41) is 7.49. The van der Waals surface area contributed by atoms with Gasteiger partial charge in [0.1, 0.15) is 11.5 Å². The van der Waals surface area contributed by atoms with E-state index >= 15 is 0 Å². The van der Waals surface area contributed by atoms with Gasteiger partial charge in [-0.2, -0.15) is 5.10 Å². The summed E-state index contributed by atoms with van der Waals surface area (Å²) < 4.78 is 14.8. The zero-order valence-electron chi connectivity index (χ0n) is 14.9. The second-order valence-electron chi connectivity index (χ2n) is 6.38. The van der Waals surface area contributed by atoms with Gasteiger partial charge in [-0.25, -0.2) is 9.07 Å². The Bertz CT molecular complexity index is 873. The minimum absolute atomic E-state index is 0.203. The van der Waals surface area contributed by atoms with Gasteiger partial charge in [0.2, 0.25) is 0 Å². The second kappa shape index (κ2) is 7.93. The number of carbonyl (C=O) groups excluding carboxylic acids is 1. The highest BCUT2D eigenvalue weighted by molar-refractivity contribution is 5.94. The van der Waals surface area contributed by atoms with Crippen molar-refractivity contribution >= 4 is 5.91 Å². The quantitative estimate of drug-likeness (QED) is 0.707. The number of nitrogens with zero attached hydrogens (tertiary/aromatic N) is 2. The number of hydrogen-bond acceptors (Lipinski definition) is 2. The lowest BCUT2D eigenvalue weighted by Crippen LogP contribution is -3.06. The minimum atomic E-state index is -0.329. The Labute approximate surface area is 152 Å². The van der Waals surface area contributed by atoms with E-state index in [-0.39, 0.29) is 11.7 Å². The van der Waals surface area contributed by atoms with Crippen LogP contribution in [-0.2, 0) is 0 Å². The number of quaternary nitrogens is 1. The molecule has 2 N–H and O–H groups in total. The molecule has 3 aromatic rings. The predicted molar refractivity (Wildman–Crippen MR) is 99.0 cm³/mol. The van der Waals surface area contributed by atoms with E-state index in [1.54, 1.807) is 22.9 Å². The standard InChI is InChI=1S/C20H21FN4O/c1-24(2)13-12-22-20(26)19-14-18(15-6-4-3-5-7-15)23-25(19)17-10-8-16(21)9-11-17/h3-11,14H,12-13H2,1-2H3,(H,22,26)/p+1. The van der Waals surface area contributed by atoms with Crippen LogP contribution in [0.15, 0.2) is 60.7 Å². The first kappa shape index (κ1) is 17.8. The van der Waals surface area contributed by atoms with Gasteiger partial charge in [0, 0.05) is 5.56 Å². The molecule has 5 nitrogen and oxygen atoms in total. The Morgan fingerprint density at radius 3 is 2.46 bits per heavy atom. The number of halogens is 1. The van der Waals surface area contributed by atoms with Crippen LogP contribution in [0.3, 0.4) is 0 Å². The highest BCUT2D eigenvalue weighted by Crippen LogP contribution is 2.21. The molecule has 3 rings (SSSR count). The van der Waals surface area contributed by atoms with Gasteiger partial charge in [0.05, 0.1) is 38.6 Å². The van der Waals surface area contributed by atoms with Crippen LogP contribution in [-0.4, -0.2) is 42.9 Å². The molecule has 2 aromatic carbocycles. The molecule has 1 heterocycles. The van der Waals surface area contributed by atoms with Crippen LogP contribution >= 0.6 is 0 Å². The van der Waals surface area contributed by atoms with Gasteiger partial charge in [-0.15, -0.1) is 0 Å². The molecular weight excluding hydrogens is 331 g/mol. The number of benzene rings is 2. The Kier molecular flexibility index (Phi) is 5.43. The molecule has 6 heteroatoms. The number of likely N-dealkylation sites (N-methyl/N-ethyl adjacent to an activating group) is 1. The molecule has 0 unspecified atom stereocenters. The number of carbonyl (C=O) groups is 1. The Hall–Kier alpha value is -2.99. The normalized spacial score (nSPS) is 10.9. The van der Waals surface area contributed by atoms with Gasteiger partial charge in [0.25, 0.3) is 5.91 Å². The van der Waals surface area contributed by atoms with E-state index in [9.17, 15) is 9.18 Å². The lowest BCUT2D eigenvalue weighted by Gasteiger charge is -2.10. The van der Waals surface area contributed by atoms with Gasteiger partial charge < -0.3 is 10.2 Å². The molecule has 26 heavy (non-hydrogen) atoms. The van der Waals surface area contributed by atoms with Crippen LogP contribution in [0.5, 0.6) is 0 Å². The summed E-state index contributed by atoms with van der Waals surface area (Å²) in [6, 6.07) is 17.3. The van der Waals surface area contributed by atoms with Crippen LogP contribution in [0.4, 0.5) is 4.39 Å².